The summed E-state index contributed by atoms with van der Waals surface area (Å²) in [4.78, 5) is 25.1. The van der Waals surface area contributed by atoms with Gasteiger partial charge in [-0.2, -0.15) is 0 Å². The first kappa shape index (κ1) is 16.7. The minimum absolute atomic E-state index is 0.0692. The van der Waals surface area contributed by atoms with Gasteiger partial charge in [0.2, 0.25) is 0 Å². The van der Waals surface area contributed by atoms with E-state index in [4.69, 9.17) is 0 Å². The van der Waals surface area contributed by atoms with Gasteiger partial charge in [0.1, 0.15) is 12.1 Å². The van der Waals surface area contributed by atoms with Crippen molar-refractivity contribution in [2.45, 2.75) is 70.2 Å². The highest BCUT2D eigenvalue weighted by atomic mass is 16.3. The third-order valence-corrected chi connectivity index (χ3v) is 8.27. The van der Waals surface area contributed by atoms with Gasteiger partial charge in [0.05, 0.1) is 24.2 Å². The van der Waals surface area contributed by atoms with E-state index in [0.29, 0.717) is 19.3 Å². The number of fused-ring (bicyclic) bond motifs is 5. The monoisotopic (exact) mass is 336 g/mol. The van der Waals surface area contributed by atoms with Crippen LogP contribution < -0.4 is 0 Å². The maximum atomic E-state index is 12.9. The number of hydrogen-bond donors (Lipinski definition) is 3. The summed E-state index contributed by atoms with van der Waals surface area (Å²) >= 11 is 0. The van der Waals surface area contributed by atoms with Crippen LogP contribution in [0.5, 0.6) is 0 Å². The molecule has 0 spiro atoms. The zero-order chi connectivity index (χ0) is 17.3. The molecule has 3 N–H and O–H groups in total. The molecule has 5 heteroatoms. The number of Topliss-reactive ketones (excluding diaryl/α,β-unsaturated/α-hetero) is 1. The van der Waals surface area contributed by atoms with Gasteiger partial charge in [-0.25, -0.2) is 0 Å². The average molecular weight is 336 g/mol. The van der Waals surface area contributed by atoms with Crippen LogP contribution in [0.3, 0.4) is 0 Å². The van der Waals surface area contributed by atoms with Crippen LogP contribution in [0.1, 0.15) is 51.9 Å². The number of ketones is 1. The first-order valence-electron chi connectivity index (χ1n) is 9.38. The largest absolute Gasteiger partial charge is 0.393 e. The van der Waals surface area contributed by atoms with E-state index in [1.807, 2.05) is 0 Å². The summed E-state index contributed by atoms with van der Waals surface area (Å²) in [6.07, 6.45) is 3.18. The van der Waals surface area contributed by atoms with Crippen LogP contribution in [-0.2, 0) is 9.59 Å². The smallest absolute Gasteiger partial charge is 0.139 e. The van der Waals surface area contributed by atoms with E-state index >= 15 is 0 Å². The molecule has 24 heavy (non-hydrogen) atoms. The molecule has 0 radical (unpaired) electrons. The van der Waals surface area contributed by atoms with Crippen molar-refractivity contribution in [3.63, 3.8) is 0 Å². The molecule has 134 valence electrons. The SMILES string of the molecule is C[C@]12CC[C@H]3[C@@H](CC(=O)[C@H]4C(O)[C@@H](O)CC[C@@]43C=O)[C@@H]1CC[C@@H]2O. The molecule has 0 saturated heterocycles. The van der Waals surface area contributed by atoms with Gasteiger partial charge in [-0.1, -0.05) is 6.92 Å². The van der Waals surface area contributed by atoms with Gasteiger partial charge in [-0.15, -0.1) is 0 Å². The van der Waals surface area contributed by atoms with Crippen molar-refractivity contribution < 1.29 is 24.9 Å². The summed E-state index contributed by atoms with van der Waals surface area (Å²) in [7, 11) is 0. The zero-order valence-electron chi connectivity index (χ0n) is 14.2. The van der Waals surface area contributed by atoms with E-state index < -0.39 is 23.5 Å². The third kappa shape index (κ3) is 1.92. The summed E-state index contributed by atoms with van der Waals surface area (Å²) in [6.45, 7) is 2.13. The molecule has 1 unspecified atom stereocenters. The summed E-state index contributed by atoms with van der Waals surface area (Å²) in [5.74, 6) is -0.339. The fourth-order valence-electron chi connectivity index (χ4n) is 6.96. The quantitative estimate of drug-likeness (QED) is 0.623. The summed E-state index contributed by atoms with van der Waals surface area (Å²) in [6, 6.07) is 0. The van der Waals surface area contributed by atoms with E-state index in [9.17, 15) is 24.9 Å². The lowest BCUT2D eigenvalue weighted by atomic mass is 9.44. The van der Waals surface area contributed by atoms with Crippen LogP contribution in [0.4, 0.5) is 0 Å². The van der Waals surface area contributed by atoms with E-state index in [2.05, 4.69) is 6.92 Å². The Morgan fingerprint density at radius 3 is 2.50 bits per heavy atom. The molecular weight excluding hydrogens is 308 g/mol. The van der Waals surface area contributed by atoms with Crippen LogP contribution in [0.15, 0.2) is 0 Å². The molecule has 4 saturated carbocycles. The maximum absolute atomic E-state index is 12.9. The number of carbonyl (C=O) groups excluding carboxylic acids is 2. The predicted octanol–water partition coefficient (Wildman–Crippen LogP) is 1.08. The van der Waals surface area contributed by atoms with Crippen molar-refractivity contribution in [3.05, 3.63) is 0 Å². The van der Waals surface area contributed by atoms with Crippen LogP contribution in [0.2, 0.25) is 0 Å². The molecule has 0 aliphatic heterocycles. The molecular formula is C19H28O5. The molecule has 0 heterocycles. The maximum Gasteiger partial charge on any atom is 0.139 e. The number of carbonyl (C=O) groups is 2. The molecule has 4 fully saturated rings. The molecule has 4 aliphatic rings. The number of rotatable bonds is 1. The normalized spacial score (nSPS) is 57.0. The topological polar surface area (TPSA) is 94.8 Å². The standard InChI is InChI=1S/C19H28O5/c1-18-6-4-12-10(11(18)2-3-15(18)23)8-14(22)16-17(24)13(21)5-7-19(12,16)9-20/h9-13,15-17,21,23-24H,2-8H2,1H3/t10-,11-,12-,13-,15-,16-,17?,18-,19-/m0/s1. The molecule has 4 rings (SSSR count). The van der Waals surface area contributed by atoms with Crippen LogP contribution in [0.25, 0.3) is 0 Å². The van der Waals surface area contributed by atoms with Gasteiger partial charge in [0.25, 0.3) is 0 Å². The fourth-order valence-corrected chi connectivity index (χ4v) is 6.96. The van der Waals surface area contributed by atoms with Crippen LogP contribution >= 0.6 is 0 Å². The van der Waals surface area contributed by atoms with E-state index in [1.165, 1.54) is 0 Å². The molecule has 4 aliphatic carbocycles. The zero-order valence-corrected chi connectivity index (χ0v) is 14.2. The number of aldehydes is 1. The second-order valence-corrected chi connectivity index (χ2v) is 8.99. The lowest BCUT2D eigenvalue weighted by Gasteiger charge is -2.59. The molecule has 9 atom stereocenters. The Morgan fingerprint density at radius 1 is 1.04 bits per heavy atom. The minimum atomic E-state index is -1.13. The highest BCUT2D eigenvalue weighted by molar-refractivity contribution is 5.88. The van der Waals surface area contributed by atoms with Crippen molar-refractivity contribution in [3.8, 4) is 0 Å². The lowest BCUT2D eigenvalue weighted by molar-refractivity contribution is -0.186. The number of aliphatic hydroxyl groups is 3. The Bertz CT molecular complexity index is 562. The molecule has 0 aromatic carbocycles. The molecule has 0 bridgehead atoms. The van der Waals surface area contributed by atoms with E-state index in [0.717, 1.165) is 32.0 Å². The van der Waals surface area contributed by atoms with Gasteiger partial charge in [-0.05, 0) is 61.7 Å². The van der Waals surface area contributed by atoms with Crippen molar-refractivity contribution in [1.29, 1.82) is 0 Å². The summed E-state index contributed by atoms with van der Waals surface area (Å²) in [5.41, 5.74) is -0.974. The predicted molar refractivity (Wildman–Crippen MR) is 85.9 cm³/mol. The van der Waals surface area contributed by atoms with Crippen LogP contribution in [-0.4, -0.2) is 45.7 Å². The summed E-state index contributed by atoms with van der Waals surface area (Å²) in [5, 5.41) is 30.9. The average Bonchev–Trinajstić information content (AvgIpc) is 2.86. The van der Waals surface area contributed by atoms with Crippen molar-refractivity contribution >= 4 is 12.1 Å². The Balaban J connectivity index is 1.74. The lowest BCUT2D eigenvalue weighted by Crippen LogP contribution is -2.63. The van der Waals surface area contributed by atoms with Gasteiger partial charge >= 0.3 is 0 Å². The van der Waals surface area contributed by atoms with Gasteiger partial charge in [0.15, 0.2) is 0 Å². The van der Waals surface area contributed by atoms with Crippen molar-refractivity contribution in [2.24, 2.45) is 34.5 Å². The molecule has 5 nitrogen and oxygen atoms in total. The Labute approximate surface area is 142 Å². The number of aliphatic hydroxyl groups excluding tert-OH is 3. The second kappa shape index (κ2) is 5.36. The molecule has 0 amide bonds. The minimum Gasteiger partial charge on any atom is -0.393 e. The molecule has 0 aromatic heterocycles. The Hall–Kier alpha value is -0.780. The number of hydrogen-bond acceptors (Lipinski definition) is 5. The highest BCUT2D eigenvalue weighted by Gasteiger charge is 2.65. The van der Waals surface area contributed by atoms with Crippen molar-refractivity contribution in [1.82, 2.24) is 0 Å². The third-order valence-electron chi connectivity index (χ3n) is 8.27. The first-order valence-corrected chi connectivity index (χ1v) is 9.38. The Kier molecular flexibility index (Phi) is 3.72. The second-order valence-electron chi connectivity index (χ2n) is 8.99. The fraction of sp³-hybridized carbons (Fsp3) is 0.895. The van der Waals surface area contributed by atoms with Crippen LogP contribution in [0, 0.1) is 34.5 Å². The molecule has 0 aromatic rings. The summed E-state index contributed by atoms with van der Waals surface area (Å²) < 4.78 is 0. The van der Waals surface area contributed by atoms with Gasteiger partial charge in [0, 0.05) is 11.8 Å². The van der Waals surface area contributed by atoms with Gasteiger partial charge in [-0.3, -0.25) is 4.79 Å². The van der Waals surface area contributed by atoms with E-state index in [-0.39, 0.29) is 35.1 Å². The Morgan fingerprint density at radius 2 is 1.79 bits per heavy atom. The van der Waals surface area contributed by atoms with Crippen molar-refractivity contribution in [2.75, 3.05) is 0 Å². The first-order chi connectivity index (χ1) is 11.3. The van der Waals surface area contributed by atoms with E-state index in [1.54, 1.807) is 0 Å². The highest BCUT2D eigenvalue weighted by Crippen LogP contribution is 2.65. The van der Waals surface area contributed by atoms with Gasteiger partial charge < -0.3 is 20.1 Å².